The molecule has 0 heterocycles. The maximum Gasteiger partial charge on any atom is 0.339 e. The minimum Gasteiger partial charge on any atom is -0.459 e. The molecule has 8 atom stereocenters. The number of rotatable bonds is 51. The predicted molar refractivity (Wildman–Crippen MR) is 515 cm³/mol. The van der Waals surface area contributed by atoms with E-state index in [1.54, 1.807) is 52.5 Å². The first-order chi connectivity index (χ1) is 61.0. The van der Waals surface area contributed by atoms with E-state index in [0.717, 1.165) is 129 Å². The SMILES string of the molecule is C=CCCC(CC(=O)N(C)OC)Cc1cc(C)cc(C)c1C(=O)O[C@@H](C)CC=C.C=CCCC(CC(=O)N(C)OC)Cc1cc(C)cc(C)c1C(=O)O[C@@H](CC=C)C(C)C.C=CCCC(CC(=O)N(C)OC)Cc1cc(C)cc(C)c1C(=O)O[C@@H](CC=C)c1ccccc1.C=CCCC(CC(=O)N(C)OC)Cc1cc(C)cc(C)c1C(=O)O[C@H](CC=C)c1ccccc1. The van der Waals surface area contributed by atoms with Crippen molar-refractivity contribution in [2.24, 2.45) is 29.6 Å². The molecule has 6 aromatic rings. The summed E-state index contributed by atoms with van der Waals surface area (Å²) in [7, 11) is 12.3. The third-order valence-electron chi connectivity index (χ3n) is 22.4. The van der Waals surface area contributed by atoms with Gasteiger partial charge >= 0.3 is 23.9 Å². The van der Waals surface area contributed by atoms with Gasteiger partial charge in [0.15, 0.2) is 0 Å². The van der Waals surface area contributed by atoms with Crippen LogP contribution in [0.3, 0.4) is 0 Å². The first-order valence-electron chi connectivity index (χ1n) is 44.4. The van der Waals surface area contributed by atoms with Crippen LogP contribution >= 0.6 is 0 Å². The van der Waals surface area contributed by atoms with Crippen LogP contribution in [0.4, 0.5) is 0 Å². The molecule has 20 nitrogen and oxygen atoms in total. The molecule has 0 N–H and O–H groups in total. The summed E-state index contributed by atoms with van der Waals surface area (Å²) in [5.74, 6) is -1.32. The monoisotopic (exact) mass is 1760 g/mol. The molecule has 20 heteroatoms. The summed E-state index contributed by atoms with van der Waals surface area (Å²) in [6, 6.07) is 35.5. The second-order valence-corrected chi connectivity index (χ2v) is 33.4. The van der Waals surface area contributed by atoms with E-state index in [1.807, 2.05) is 210 Å². The fraction of sp³-hybridized carbons (Fsp3) is 0.444. The van der Waals surface area contributed by atoms with Gasteiger partial charge in [-0.2, -0.15) is 0 Å². The summed E-state index contributed by atoms with van der Waals surface area (Å²) in [4.78, 5) is 123. The maximum absolute atomic E-state index is 13.5. The lowest BCUT2D eigenvalue weighted by Crippen LogP contribution is -2.28. The molecule has 0 aliphatic carbocycles. The second-order valence-electron chi connectivity index (χ2n) is 33.4. The van der Waals surface area contributed by atoms with Gasteiger partial charge in [-0.3, -0.25) is 38.5 Å². The first-order valence-corrected chi connectivity index (χ1v) is 44.4. The molecule has 6 aromatic carbocycles. The summed E-state index contributed by atoms with van der Waals surface area (Å²) in [5.41, 5.74) is 15.7. The second kappa shape index (κ2) is 59.8. The number of carbonyl (C=O) groups excluding carboxylic acids is 8. The number of hydrogen-bond donors (Lipinski definition) is 0. The molecule has 0 saturated heterocycles. The molecule has 4 amide bonds. The Morgan fingerprint density at radius 3 is 0.789 bits per heavy atom. The van der Waals surface area contributed by atoms with Crippen LogP contribution < -0.4 is 0 Å². The lowest BCUT2D eigenvalue weighted by atomic mass is 9.87. The van der Waals surface area contributed by atoms with E-state index in [4.69, 9.17) is 38.3 Å². The predicted octanol–water partition coefficient (Wildman–Crippen LogP) is 23.2. The summed E-state index contributed by atoms with van der Waals surface area (Å²) >= 11 is 0. The minimum atomic E-state index is -0.409. The van der Waals surface area contributed by atoms with Crippen molar-refractivity contribution in [3.63, 3.8) is 0 Å². The third-order valence-corrected chi connectivity index (χ3v) is 22.4. The lowest BCUT2D eigenvalue weighted by molar-refractivity contribution is -0.170. The van der Waals surface area contributed by atoms with Crippen LogP contribution in [0.2, 0.25) is 0 Å². The van der Waals surface area contributed by atoms with Crippen LogP contribution in [0.25, 0.3) is 0 Å². The first kappa shape index (κ1) is 111. The molecule has 696 valence electrons. The number of ether oxygens (including phenoxy) is 4. The molecule has 0 saturated carbocycles. The van der Waals surface area contributed by atoms with E-state index in [0.29, 0.717) is 99.3 Å². The Labute approximate surface area is 766 Å². The van der Waals surface area contributed by atoms with Crippen LogP contribution in [-0.2, 0) is 83.2 Å². The normalized spacial score (nSPS) is 12.6. The van der Waals surface area contributed by atoms with Gasteiger partial charge in [-0.05, 0) is 225 Å². The number of allylic oxidation sites excluding steroid dienone is 4. The highest BCUT2D eigenvalue weighted by atomic mass is 16.7. The molecule has 0 bridgehead atoms. The van der Waals surface area contributed by atoms with E-state index >= 15 is 0 Å². The average Bonchev–Trinajstić information content (AvgIpc) is 0.812. The minimum absolute atomic E-state index is 0.0361. The van der Waals surface area contributed by atoms with Gasteiger partial charge in [0.1, 0.15) is 24.4 Å². The van der Waals surface area contributed by atoms with Crippen LogP contribution in [0.1, 0.15) is 255 Å². The highest BCUT2D eigenvalue weighted by Crippen LogP contribution is 2.34. The Morgan fingerprint density at radius 2 is 0.562 bits per heavy atom. The molecule has 4 unspecified atom stereocenters. The van der Waals surface area contributed by atoms with Gasteiger partial charge in [-0.15, -0.1) is 52.6 Å². The van der Waals surface area contributed by atoms with Crippen molar-refractivity contribution < 1.29 is 76.7 Å². The quantitative estimate of drug-likeness (QED) is 0.0150. The van der Waals surface area contributed by atoms with Crippen molar-refractivity contribution in [2.45, 2.75) is 229 Å². The van der Waals surface area contributed by atoms with Crippen molar-refractivity contribution in [2.75, 3.05) is 56.6 Å². The summed E-state index contributed by atoms with van der Waals surface area (Å²) < 4.78 is 23.5. The van der Waals surface area contributed by atoms with Gasteiger partial charge < -0.3 is 18.9 Å². The summed E-state index contributed by atoms with van der Waals surface area (Å²) in [6.07, 6.45) is 25.5. The Hall–Kier alpha value is -11.2. The standard InChI is InChI=1S/2C29H37NO4.C26H39NO4.C24H35NO4/c2*1-7-9-14-23(20-27(31)30(5)33-6)19-25-18-21(3)17-22(4)28(25)29(32)34-26(13-8-2)24-15-11-10-12-16-24;1-9-11-13-21(17-24(28)27(7)30-8)16-22-15-19(5)14-20(6)25(22)26(29)31-23(12-10-2)18(3)4;1-8-10-12-20(16-22(26)25(6)28-7)15-21-14-17(3)13-18(4)23(21)24(27)29-19(5)11-9-2/h2*7-8,10-12,15-18,23,26H,1-2,9,13-14,19-20H2,3-6H3;9-10,14-15,18,21,23H,1-2,11-13,16-17H2,3-8H3;8-9,13-14,19-20H,1-2,10-12,15-16H2,3-7H3/t2*23?,26-;21?,23-;19-,20?/m1000/s1. The Bertz CT molecular complexity index is 4440. The average molecular weight is 1760 g/mol. The van der Waals surface area contributed by atoms with Gasteiger partial charge in [0.05, 0.1) is 50.7 Å². The highest BCUT2D eigenvalue weighted by Gasteiger charge is 2.31. The van der Waals surface area contributed by atoms with Crippen LogP contribution in [0, 0.1) is 85.0 Å². The van der Waals surface area contributed by atoms with Crippen LogP contribution in [-0.4, -0.2) is 137 Å². The number of amides is 4. The molecule has 128 heavy (non-hydrogen) atoms. The van der Waals surface area contributed by atoms with Crippen molar-refractivity contribution in [1.29, 1.82) is 0 Å². The summed E-state index contributed by atoms with van der Waals surface area (Å²) in [6.45, 7) is 52.1. The zero-order valence-corrected chi connectivity index (χ0v) is 80.3. The molecule has 0 spiro atoms. The number of hydrogen-bond acceptors (Lipinski definition) is 16. The topological polar surface area (TPSA) is 223 Å². The zero-order valence-electron chi connectivity index (χ0n) is 80.3. The molecule has 0 aromatic heterocycles. The molecule has 0 aliphatic heterocycles. The molecule has 0 radical (unpaired) electrons. The van der Waals surface area contributed by atoms with E-state index in [1.165, 1.54) is 48.7 Å². The number of nitrogens with zero attached hydrogens (tertiary/aromatic N) is 4. The van der Waals surface area contributed by atoms with E-state index in [9.17, 15) is 38.4 Å². The van der Waals surface area contributed by atoms with Crippen LogP contribution in [0.5, 0.6) is 0 Å². The fourth-order valence-electron chi connectivity index (χ4n) is 15.6. The Kier molecular flexibility index (Phi) is 51.9. The number of carbonyl (C=O) groups is 8. The maximum atomic E-state index is 13.5. The number of aryl methyl sites for hydroxylation is 8. The number of esters is 4. The number of hydroxylamine groups is 8. The van der Waals surface area contributed by atoms with Gasteiger partial charge in [-0.25, -0.2) is 39.4 Å². The molecule has 0 aliphatic rings. The fourth-order valence-corrected chi connectivity index (χ4v) is 15.6. The van der Waals surface area contributed by atoms with Crippen molar-refractivity contribution in [1.82, 2.24) is 20.3 Å². The van der Waals surface area contributed by atoms with Gasteiger partial charge in [0.2, 0.25) is 23.6 Å². The van der Waals surface area contributed by atoms with Crippen molar-refractivity contribution >= 4 is 47.5 Å². The van der Waals surface area contributed by atoms with Crippen molar-refractivity contribution in [3.8, 4) is 0 Å². The molecular formula is C108H148N4O16. The Balaban J connectivity index is 0.000000441. The van der Waals surface area contributed by atoms with Gasteiger partial charge in [0.25, 0.3) is 0 Å². The zero-order chi connectivity index (χ0) is 95.7. The third kappa shape index (κ3) is 38.4. The van der Waals surface area contributed by atoms with E-state index < -0.39 is 12.2 Å². The van der Waals surface area contributed by atoms with Crippen LogP contribution in [0.15, 0.2) is 210 Å². The number of benzene rings is 6. The lowest BCUT2D eigenvalue weighted by Gasteiger charge is -2.24. The van der Waals surface area contributed by atoms with Gasteiger partial charge in [-0.1, -0.05) is 194 Å². The van der Waals surface area contributed by atoms with Gasteiger partial charge in [0, 0.05) is 79.6 Å². The molecular weight excluding hydrogens is 1610 g/mol. The largest absolute Gasteiger partial charge is 0.459 e. The highest BCUT2D eigenvalue weighted by molar-refractivity contribution is 5.95. The summed E-state index contributed by atoms with van der Waals surface area (Å²) in [5, 5.41) is 4.99. The Morgan fingerprint density at radius 1 is 0.320 bits per heavy atom. The molecule has 6 rings (SSSR count). The molecule has 0 fully saturated rings. The van der Waals surface area contributed by atoms with E-state index in [-0.39, 0.29) is 89.3 Å². The van der Waals surface area contributed by atoms with Crippen molar-refractivity contribution in [3.05, 3.63) is 311 Å². The van der Waals surface area contributed by atoms with E-state index in [2.05, 4.69) is 52.6 Å². The smallest absolute Gasteiger partial charge is 0.339 e.